The number of halogens is 5. The minimum atomic E-state index is -4.18. The van der Waals surface area contributed by atoms with Crippen LogP contribution in [0.3, 0.4) is 0 Å². The molecule has 0 radical (unpaired) electrons. The van der Waals surface area contributed by atoms with Crippen LogP contribution in [-0.2, 0) is 0 Å². The summed E-state index contributed by atoms with van der Waals surface area (Å²) in [4.78, 5) is 0. The molecule has 0 aliphatic heterocycles. The molecular formula is C15H18F5N. The summed E-state index contributed by atoms with van der Waals surface area (Å²) in [6.45, 7) is 1.67. The summed E-state index contributed by atoms with van der Waals surface area (Å²) in [7, 11) is 0. The van der Waals surface area contributed by atoms with Crippen LogP contribution in [0.5, 0.6) is 0 Å². The third-order valence-corrected chi connectivity index (χ3v) is 4.05. The second-order valence-electron chi connectivity index (χ2n) is 5.66. The molecule has 6 heteroatoms. The molecule has 1 aromatic carbocycles. The van der Waals surface area contributed by atoms with Gasteiger partial charge < -0.3 is 5.32 Å². The molecule has 0 heterocycles. The summed E-state index contributed by atoms with van der Waals surface area (Å²) in [5.74, 6) is -2.65. The van der Waals surface area contributed by atoms with E-state index in [1.165, 1.54) is 6.07 Å². The van der Waals surface area contributed by atoms with Crippen molar-refractivity contribution in [1.29, 1.82) is 0 Å². The zero-order valence-corrected chi connectivity index (χ0v) is 11.7. The number of benzene rings is 1. The van der Waals surface area contributed by atoms with Crippen molar-refractivity contribution in [3.05, 3.63) is 35.4 Å². The topological polar surface area (TPSA) is 12.0 Å². The van der Waals surface area contributed by atoms with Crippen LogP contribution >= 0.6 is 0 Å². The van der Waals surface area contributed by atoms with E-state index >= 15 is 0 Å². The summed E-state index contributed by atoms with van der Waals surface area (Å²) in [6, 6.07) is 2.50. The molecule has 0 spiro atoms. The molecule has 1 fully saturated rings. The largest absolute Gasteiger partial charge is 0.391 e. The van der Waals surface area contributed by atoms with Crippen LogP contribution in [0.1, 0.15) is 44.2 Å². The van der Waals surface area contributed by atoms with Crippen molar-refractivity contribution < 1.29 is 22.0 Å². The number of hydrogen-bond acceptors (Lipinski definition) is 1. The lowest BCUT2D eigenvalue weighted by molar-refractivity contribution is -0.183. The third-order valence-electron chi connectivity index (χ3n) is 4.05. The molecule has 2 rings (SSSR count). The van der Waals surface area contributed by atoms with Crippen LogP contribution < -0.4 is 5.32 Å². The molecule has 118 valence electrons. The van der Waals surface area contributed by atoms with E-state index in [1.807, 2.05) is 0 Å². The Labute approximate surface area is 120 Å². The summed E-state index contributed by atoms with van der Waals surface area (Å²) < 4.78 is 64.8. The summed E-state index contributed by atoms with van der Waals surface area (Å²) >= 11 is 0. The smallest absolute Gasteiger partial charge is 0.307 e. The molecule has 1 nitrogen and oxygen atoms in total. The minimum absolute atomic E-state index is 0.0106. The van der Waals surface area contributed by atoms with E-state index in [4.69, 9.17) is 0 Å². The second kappa shape index (κ2) is 6.30. The zero-order valence-electron chi connectivity index (χ0n) is 11.7. The Balaban J connectivity index is 2.00. The van der Waals surface area contributed by atoms with E-state index in [0.717, 1.165) is 12.1 Å². The fraction of sp³-hybridized carbons (Fsp3) is 0.600. The van der Waals surface area contributed by atoms with E-state index in [9.17, 15) is 22.0 Å². The highest BCUT2D eigenvalue weighted by molar-refractivity contribution is 5.21. The van der Waals surface area contributed by atoms with Crippen molar-refractivity contribution in [2.24, 2.45) is 5.92 Å². The summed E-state index contributed by atoms with van der Waals surface area (Å²) in [5, 5.41) is 3.04. The lowest BCUT2D eigenvalue weighted by Gasteiger charge is -2.33. The molecule has 1 N–H and O–H groups in total. The number of alkyl halides is 3. The maximum atomic E-state index is 13.7. The molecule has 21 heavy (non-hydrogen) atoms. The van der Waals surface area contributed by atoms with Crippen LogP contribution in [0.15, 0.2) is 18.2 Å². The first-order chi connectivity index (χ1) is 9.77. The quantitative estimate of drug-likeness (QED) is 0.796. The average Bonchev–Trinajstić information content (AvgIpc) is 2.37. The van der Waals surface area contributed by atoms with Gasteiger partial charge in [-0.1, -0.05) is 12.5 Å². The Morgan fingerprint density at radius 1 is 1.19 bits per heavy atom. The van der Waals surface area contributed by atoms with Crippen LogP contribution in [0.2, 0.25) is 0 Å². The standard InChI is InChI=1S/C15H18F5N/c1-9(13-6-5-11(16)8-14(13)17)21-12-4-2-3-10(7-12)15(18,19)20/h5-6,8-10,12,21H,2-4,7H2,1H3. The number of hydrogen-bond donors (Lipinski definition) is 1. The Hall–Kier alpha value is -1.17. The van der Waals surface area contributed by atoms with Crippen LogP contribution in [0, 0.1) is 17.6 Å². The van der Waals surface area contributed by atoms with E-state index in [1.54, 1.807) is 6.92 Å². The van der Waals surface area contributed by atoms with Gasteiger partial charge in [0.25, 0.3) is 0 Å². The fourth-order valence-corrected chi connectivity index (χ4v) is 2.93. The molecule has 1 aliphatic rings. The van der Waals surface area contributed by atoms with Gasteiger partial charge in [0.15, 0.2) is 0 Å². The monoisotopic (exact) mass is 307 g/mol. The fourth-order valence-electron chi connectivity index (χ4n) is 2.93. The predicted octanol–water partition coefficient (Wildman–Crippen LogP) is 4.74. The first-order valence-corrected chi connectivity index (χ1v) is 7.05. The van der Waals surface area contributed by atoms with Gasteiger partial charge in [-0.25, -0.2) is 8.78 Å². The molecule has 1 aliphatic carbocycles. The normalized spacial score (nSPS) is 24.9. The van der Waals surface area contributed by atoms with Gasteiger partial charge in [-0.2, -0.15) is 13.2 Å². The summed E-state index contributed by atoms with van der Waals surface area (Å²) in [5.41, 5.74) is 0.269. The van der Waals surface area contributed by atoms with Crippen molar-refractivity contribution in [1.82, 2.24) is 5.32 Å². The van der Waals surface area contributed by atoms with E-state index in [0.29, 0.717) is 12.8 Å². The van der Waals surface area contributed by atoms with Crippen molar-refractivity contribution in [3.8, 4) is 0 Å². The van der Waals surface area contributed by atoms with Crippen molar-refractivity contribution in [3.63, 3.8) is 0 Å². The van der Waals surface area contributed by atoms with Crippen LogP contribution in [0.25, 0.3) is 0 Å². The Morgan fingerprint density at radius 2 is 1.90 bits per heavy atom. The lowest BCUT2D eigenvalue weighted by atomic mass is 9.84. The average molecular weight is 307 g/mol. The van der Waals surface area contributed by atoms with Gasteiger partial charge >= 0.3 is 6.18 Å². The van der Waals surface area contributed by atoms with E-state index in [-0.39, 0.29) is 24.4 Å². The molecule has 0 aromatic heterocycles. The van der Waals surface area contributed by atoms with Crippen LogP contribution in [-0.4, -0.2) is 12.2 Å². The minimum Gasteiger partial charge on any atom is -0.307 e. The maximum absolute atomic E-state index is 13.7. The second-order valence-corrected chi connectivity index (χ2v) is 5.66. The number of rotatable bonds is 3. The van der Waals surface area contributed by atoms with Gasteiger partial charge in [-0.3, -0.25) is 0 Å². The molecule has 0 saturated heterocycles. The van der Waals surface area contributed by atoms with Gasteiger partial charge in [0.1, 0.15) is 11.6 Å². The zero-order chi connectivity index (χ0) is 15.6. The highest BCUT2D eigenvalue weighted by atomic mass is 19.4. The molecule has 3 atom stereocenters. The van der Waals surface area contributed by atoms with E-state index < -0.39 is 29.8 Å². The third kappa shape index (κ3) is 4.15. The molecule has 0 bridgehead atoms. The molecule has 0 amide bonds. The molecule has 1 saturated carbocycles. The van der Waals surface area contributed by atoms with Crippen molar-refractivity contribution in [2.45, 2.75) is 50.9 Å². The van der Waals surface area contributed by atoms with Gasteiger partial charge in [-0.15, -0.1) is 0 Å². The Morgan fingerprint density at radius 3 is 2.52 bits per heavy atom. The first-order valence-electron chi connectivity index (χ1n) is 7.05. The van der Waals surface area contributed by atoms with Gasteiger partial charge in [0.2, 0.25) is 0 Å². The van der Waals surface area contributed by atoms with E-state index in [2.05, 4.69) is 5.32 Å². The van der Waals surface area contributed by atoms with Gasteiger partial charge in [0.05, 0.1) is 5.92 Å². The molecule has 3 unspecified atom stereocenters. The highest BCUT2D eigenvalue weighted by Crippen LogP contribution is 2.38. The highest BCUT2D eigenvalue weighted by Gasteiger charge is 2.42. The number of nitrogens with one attached hydrogen (secondary N) is 1. The van der Waals surface area contributed by atoms with Gasteiger partial charge in [-0.05, 0) is 32.3 Å². The Bertz CT molecular complexity index is 485. The summed E-state index contributed by atoms with van der Waals surface area (Å²) in [6.07, 6.45) is -2.87. The maximum Gasteiger partial charge on any atom is 0.391 e. The molecular weight excluding hydrogens is 289 g/mol. The lowest BCUT2D eigenvalue weighted by Crippen LogP contribution is -2.40. The molecule has 1 aromatic rings. The predicted molar refractivity (Wildman–Crippen MR) is 69.7 cm³/mol. The van der Waals surface area contributed by atoms with Gasteiger partial charge in [0, 0.05) is 23.7 Å². The SMILES string of the molecule is CC(NC1CCCC(C(F)(F)F)C1)c1ccc(F)cc1F. The first kappa shape index (κ1) is 16.2. The van der Waals surface area contributed by atoms with Crippen molar-refractivity contribution in [2.75, 3.05) is 0 Å². The van der Waals surface area contributed by atoms with Crippen molar-refractivity contribution >= 4 is 0 Å². The Kier molecular flexibility index (Phi) is 4.86. The van der Waals surface area contributed by atoms with Crippen LogP contribution in [0.4, 0.5) is 22.0 Å².